The molecule has 0 aliphatic heterocycles. The number of hydrogen-bond acceptors (Lipinski definition) is 4. The van der Waals surface area contributed by atoms with Crippen molar-refractivity contribution in [1.29, 1.82) is 0 Å². The second-order valence-corrected chi connectivity index (χ2v) is 6.40. The van der Waals surface area contributed by atoms with Gasteiger partial charge in [-0.3, -0.25) is 9.59 Å². The molecule has 0 spiro atoms. The van der Waals surface area contributed by atoms with Gasteiger partial charge in [0.25, 0.3) is 5.91 Å². The number of aryl methyl sites for hydroxylation is 1. The van der Waals surface area contributed by atoms with Crippen molar-refractivity contribution < 1.29 is 14.3 Å². The topological polar surface area (TPSA) is 49.9 Å². The Morgan fingerprint density at radius 1 is 0.962 bits per heavy atom. The minimum Gasteiger partial charge on any atom is -0.466 e. The van der Waals surface area contributed by atoms with Gasteiger partial charge in [0.15, 0.2) is 0 Å². The second-order valence-electron chi connectivity index (χ2n) is 6.40. The van der Waals surface area contributed by atoms with Gasteiger partial charge in [-0.05, 0) is 58.0 Å². The van der Waals surface area contributed by atoms with E-state index in [9.17, 15) is 9.59 Å². The quantitative estimate of drug-likeness (QED) is 0.422. The summed E-state index contributed by atoms with van der Waals surface area (Å²) in [5.74, 6) is -0.256. The number of ether oxygens (including phenoxy) is 1. The Labute approximate surface area is 158 Å². The molecule has 0 atom stereocenters. The first-order valence-corrected chi connectivity index (χ1v) is 9.76. The van der Waals surface area contributed by atoms with Crippen LogP contribution in [0.25, 0.3) is 0 Å². The molecular weight excluding hydrogens is 328 g/mol. The van der Waals surface area contributed by atoms with Crippen molar-refractivity contribution in [3.05, 3.63) is 35.4 Å². The minimum atomic E-state index is -0.252. The van der Waals surface area contributed by atoms with E-state index in [1.165, 1.54) is 0 Å². The number of benzene rings is 1. The molecule has 26 heavy (non-hydrogen) atoms. The highest BCUT2D eigenvalue weighted by Crippen LogP contribution is 2.12. The first kappa shape index (κ1) is 22.2. The Bertz CT molecular complexity index is 556. The molecule has 0 N–H and O–H groups in total. The summed E-state index contributed by atoms with van der Waals surface area (Å²) >= 11 is 0. The van der Waals surface area contributed by atoms with Crippen LogP contribution in [-0.2, 0) is 9.53 Å². The van der Waals surface area contributed by atoms with Gasteiger partial charge in [0.1, 0.15) is 0 Å². The van der Waals surface area contributed by atoms with Gasteiger partial charge in [-0.25, -0.2) is 0 Å². The third kappa shape index (κ3) is 7.56. The summed E-state index contributed by atoms with van der Waals surface area (Å²) in [5.41, 5.74) is 1.67. The van der Waals surface area contributed by atoms with Crippen LogP contribution in [-0.4, -0.2) is 61.0 Å². The van der Waals surface area contributed by atoms with E-state index in [1.807, 2.05) is 31.2 Å². The molecule has 1 aromatic carbocycles. The molecule has 0 saturated heterocycles. The zero-order chi connectivity index (χ0) is 19.4. The molecule has 0 radical (unpaired) electrons. The smallest absolute Gasteiger partial charge is 0.307 e. The van der Waals surface area contributed by atoms with E-state index in [2.05, 4.69) is 18.7 Å². The van der Waals surface area contributed by atoms with Crippen molar-refractivity contribution in [1.82, 2.24) is 9.80 Å². The molecule has 0 aliphatic rings. The average Bonchev–Trinajstić information content (AvgIpc) is 2.64. The fourth-order valence-corrected chi connectivity index (χ4v) is 2.94. The highest BCUT2D eigenvalue weighted by Gasteiger charge is 2.18. The molecule has 0 saturated carbocycles. The Morgan fingerprint density at radius 2 is 1.62 bits per heavy atom. The van der Waals surface area contributed by atoms with Crippen LogP contribution in [0.3, 0.4) is 0 Å². The molecule has 0 aromatic heterocycles. The molecule has 0 aliphatic carbocycles. The second kappa shape index (κ2) is 12.5. The SMILES string of the molecule is CCOC(=O)CCN(CCCCN(CC)CC)C(=O)c1ccccc1C. The van der Waals surface area contributed by atoms with Crippen LogP contribution in [0.5, 0.6) is 0 Å². The molecule has 1 amide bonds. The van der Waals surface area contributed by atoms with Crippen LogP contribution in [0.15, 0.2) is 24.3 Å². The van der Waals surface area contributed by atoms with Gasteiger partial charge >= 0.3 is 5.97 Å². The summed E-state index contributed by atoms with van der Waals surface area (Å²) in [7, 11) is 0. The Balaban J connectivity index is 2.67. The van der Waals surface area contributed by atoms with Crippen LogP contribution in [0.4, 0.5) is 0 Å². The maximum absolute atomic E-state index is 12.9. The van der Waals surface area contributed by atoms with Gasteiger partial charge in [-0.1, -0.05) is 32.0 Å². The maximum atomic E-state index is 12.9. The number of nitrogens with zero attached hydrogens (tertiary/aromatic N) is 2. The minimum absolute atomic E-state index is 0.00441. The van der Waals surface area contributed by atoms with Crippen molar-refractivity contribution >= 4 is 11.9 Å². The number of hydrogen-bond donors (Lipinski definition) is 0. The monoisotopic (exact) mass is 362 g/mol. The van der Waals surface area contributed by atoms with E-state index in [4.69, 9.17) is 4.74 Å². The lowest BCUT2D eigenvalue weighted by Gasteiger charge is -2.24. The van der Waals surface area contributed by atoms with Gasteiger partial charge < -0.3 is 14.5 Å². The van der Waals surface area contributed by atoms with Crippen LogP contribution >= 0.6 is 0 Å². The molecule has 0 heterocycles. The average molecular weight is 363 g/mol. The number of rotatable bonds is 12. The molecule has 0 bridgehead atoms. The normalized spacial score (nSPS) is 10.8. The number of carbonyl (C=O) groups is 2. The van der Waals surface area contributed by atoms with E-state index in [-0.39, 0.29) is 18.3 Å². The van der Waals surface area contributed by atoms with E-state index < -0.39 is 0 Å². The van der Waals surface area contributed by atoms with Gasteiger partial charge in [0.05, 0.1) is 13.0 Å². The van der Waals surface area contributed by atoms with Crippen molar-refractivity contribution in [2.24, 2.45) is 0 Å². The molecule has 5 nitrogen and oxygen atoms in total. The molecular formula is C21H34N2O3. The molecule has 146 valence electrons. The Hall–Kier alpha value is -1.88. The predicted molar refractivity (Wildman–Crippen MR) is 105 cm³/mol. The predicted octanol–water partition coefficient (Wildman–Crippen LogP) is 3.51. The van der Waals surface area contributed by atoms with Crippen LogP contribution in [0.2, 0.25) is 0 Å². The highest BCUT2D eigenvalue weighted by molar-refractivity contribution is 5.95. The summed E-state index contributed by atoms with van der Waals surface area (Å²) in [6, 6.07) is 7.60. The van der Waals surface area contributed by atoms with Crippen LogP contribution in [0, 0.1) is 6.92 Å². The molecule has 5 heteroatoms. The molecule has 0 unspecified atom stereocenters. The first-order valence-electron chi connectivity index (χ1n) is 9.76. The largest absolute Gasteiger partial charge is 0.466 e. The van der Waals surface area contributed by atoms with E-state index >= 15 is 0 Å². The number of esters is 1. The first-order chi connectivity index (χ1) is 12.5. The van der Waals surface area contributed by atoms with Crippen LogP contribution < -0.4 is 0 Å². The molecule has 0 fully saturated rings. The zero-order valence-electron chi connectivity index (χ0n) is 16.8. The fourth-order valence-electron chi connectivity index (χ4n) is 2.94. The third-order valence-electron chi connectivity index (χ3n) is 4.60. The molecule has 1 rings (SSSR count). The standard InChI is InChI=1S/C21H34N2O3/c1-5-22(6-2)15-10-11-16-23(17-14-20(24)26-7-3)21(25)19-13-9-8-12-18(19)4/h8-9,12-13H,5-7,10-11,14-17H2,1-4H3. The van der Waals surface area contributed by atoms with Crippen molar-refractivity contribution in [2.75, 3.05) is 39.3 Å². The van der Waals surface area contributed by atoms with Gasteiger partial charge in [0, 0.05) is 18.7 Å². The number of unbranched alkanes of at least 4 members (excludes halogenated alkanes) is 1. The van der Waals surface area contributed by atoms with Crippen molar-refractivity contribution in [3.63, 3.8) is 0 Å². The summed E-state index contributed by atoms with van der Waals surface area (Å²) in [6.07, 6.45) is 2.21. The summed E-state index contributed by atoms with van der Waals surface area (Å²) in [5, 5.41) is 0. The van der Waals surface area contributed by atoms with E-state index in [1.54, 1.807) is 11.8 Å². The lowest BCUT2D eigenvalue weighted by Crippen LogP contribution is -2.35. The number of amides is 1. The Morgan fingerprint density at radius 3 is 2.23 bits per heavy atom. The summed E-state index contributed by atoms with van der Waals surface area (Å²) < 4.78 is 5.00. The van der Waals surface area contributed by atoms with Gasteiger partial charge in [-0.15, -0.1) is 0 Å². The number of carbonyl (C=O) groups excluding carboxylic acids is 2. The highest BCUT2D eigenvalue weighted by atomic mass is 16.5. The van der Waals surface area contributed by atoms with E-state index in [0.717, 1.165) is 38.0 Å². The van der Waals surface area contributed by atoms with Gasteiger partial charge in [-0.2, -0.15) is 0 Å². The summed E-state index contributed by atoms with van der Waals surface area (Å²) in [6.45, 7) is 12.6. The van der Waals surface area contributed by atoms with Crippen molar-refractivity contribution in [3.8, 4) is 0 Å². The Kier molecular flexibility index (Phi) is 10.6. The summed E-state index contributed by atoms with van der Waals surface area (Å²) in [4.78, 5) is 28.8. The zero-order valence-corrected chi connectivity index (χ0v) is 16.8. The maximum Gasteiger partial charge on any atom is 0.307 e. The lowest BCUT2D eigenvalue weighted by molar-refractivity contribution is -0.143. The van der Waals surface area contributed by atoms with Crippen molar-refractivity contribution in [2.45, 2.75) is 47.0 Å². The van der Waals surface area contributed by atoms with Gasteiger partial charge in [0.2, 0.25) is 0 Å². The van der Waals surface area contributed by atoms with Crippen LogP contribution in [0.1, 0.15) is 56.0 Å². The third-order valence-corrected chi connectivity index (χ3v) is 4.60. The fraction of sp³-hybridized carbons (Fsp3) is 0.619. The lowest BCUT2D eigenvalue weighted by atomic mass is 10.1. The van der Waals surface area contributed by atoms with E-state index in [0.29, 0.717) is 25.3 Å². The molecule has 1 aromatic rings.